The van der Waals surface area contributed by atoms with Gasteiger partial charge in [-0.05, 0) is 24.3 Å². The number of hydrogen-bond donors (Lipinski definition) is 2. The van der Waals surface area contributed by atoms with E-state index >= 15 is 0 Å². The molecule has 1 aliphatic rings. The second kappa shape index (κ2) is 6.85. The van der Waals surface area contributed by atoms with Gasteiger partial charge in [-0.1, -0.05) is 42.5 Å². The van der Waals surface area contributed by atoms with Crippen molar-refractivity contribution >= 4 is 11.4 Å². The van der Waals surface area contributed by atoms with Crippen molar-refractivity contribution in [2.75, 3.05) is 5.32 Å². The van der Waals surface area contributed by atoms with Crippen LogP contribution in [0.25, 0.3) is 0 Å². The first-order chi connectivity index (χ1) is 13.2. The minimum Gasteiger partial charge on any atom is -0.440 e. The molecule has 0 spiro atoms. The van der Waals surface area contributed by atoms with E-state index in [1.807, 2.05) is 42.5 Å². The Kier molecular flexibility index (Phi) is 4.23. The average Bonchev–Trinajstić information content (AvgIpc) is 2.68. The normalized spacial score (nSPS) is 15.5. The Balaban J connectivity index is 1.79. The molecule has 4 rings (SSSR count). The van der Waals surface area contributed by atoms with E-state index in [1.165, 1.54) is 6.07 Å². The monoisotopic (exact) mass is 357 g/mol. The van der Waals surface area contributed by atoms with E-state index in [-0.39, 0.29) is 17.3 Å². The third kappa shape index (κ3) is 3.09. The molecule has 0 radical (unpaired) electrons. The first-order valence-corrected chi connectivity index (χ1v) is 8.45. The number of nitrogens with zero attached hydrogens (tertiary/aromatic N) is 1. The van der Waals surface area contributed by atoms with Gasteiger partial charge in [-0.2, -0.15) is 5.26 Å². The molecule has 1 heterocycles. The molecule has 0 unspecified atom stereocenters. The van der Waals surface area contributed by atoms with E-state index < -0.39 is 5.92 Å². The zero-order valence-corrected chi connectivity index (χ0v) is 14.3. The number of nitrogens with one attached hydrogen (secondary N) is 1. The van der Waals surface area contributed by atoms with Crippen molar-refractivity contribution < 1.29 is 9.13 Å². The van der Waals surface area contributed by atoms with Gasteiger partial charge in [-0.15, -0.1) is 0 Å². The summed E-state index contributed by atoms with van der Waals surface area (Å²) in [5, 5.41) is 12.8. The van der Waals surface area contributed by atoms with Gasteiger partial charge in [0, 0.05) is 28.6 Å². The number of hydrogen-bond acceptors (Lipinski definition) is 4. The van der Waals surface area contributed by atoms with Gasteiger partial charge in [0.2, 0.25) is 5.88 Å². The fraction of sp³-hybridized carbons (Fsp3) is 0.0455. The number of nitrogens with two attached hydrogens (primary N) is 1. The van der Waals surface area contributed by atoms with Crippen LogP contribution in [0.3, 0.4) is 0 Å². The maximum absolute atomic E-state index is 14.4. The molecule has 3 N–H and O–H groups in total. The number of allylic oxidation sites excluding steroid dienone is 1. The van der Waals surface area contributed by atoms with Crippen LogP contribution in [-0.4, -0.2) is 0 Å². The topological polar surface area (TPSA) is 71.1 Å². The van der Waals surface area contributed by atoms with Gasteiger partial charge in [-0.25, -0.2) is 4.39 Å². The van der Waals surface area contributed by atoms with Crippen LogP contribution >= 0.6 is 0 Å². The number of fused-ring (bicyclic) bond motifs is 1. The maximum Gasteiger partial charge on any atom is 0.205 e. The molecule has 3 aromatic rings. The van der Waals surface area contributed by atoms with Crippen molar-refractivity contribution in [3.05, 3.63) is 101 Å². The van der Waals surface area contributed by atoms with Crippen LogP contribution in [0.5, 0.6) is 5.75 Å². The molecule has 0 amide bonds. The quantitative estimate of drug-likeness (QED) is 0.707. The zero-order chi connectivity index (χ0) is 18.8. The highest BCUT2D eigenvalue weighted by Gasteiger charge is 2.32. The molecular formula is C22H16FN3O. The van der Waals surface area contributed by atoms with Crippen molar-refractivity contribution in [3.63, 3.8) is 0 Å². The lowest BCUT2D eigenvalue weighted by atomic mass is 9.83. The first-order valence-electron chi connectivity index (χ1n) is 8.45. The third-order valence-corrected chi connectivity index (χ3v) is 4.50. The maximum atomic E-state index is 14.4. The molecule has 0 aliphatic carbocycles. The zero-order valence-electron chi connectivity index (χ0n) is 14.3. The molecule has 3 aromatic carbocycles. The average molecular weight is 357 g/mol. The standard InChI is InChI=1S/C22H16FN3O/c23-19-9-5-4-8-16(19)21-17-11-10-15(26-14-6-2-1-3-7-14)12-20(17)27-22(25)18(21)13-24/h1-12,21,26H,25H2/t21-/m0/s1. The predicted molar refractivity (Wildman–Crippen MR) is 102 cm³/mol. The highest BCUT2D eigenvalue weighted by atomic mass is 19.1. The highest BCUT2D eigenvalue weighted by molar-refractivity contribution is 5.65. The van der Waals surface area contributed by atoms with Crippen LogP contribution in [0, 0.1) is 17.1 Å². The molecule has 0 bridgehead atoms. The van der Waals surface area contributed by atoms with Gasteiger partial charge in [0.25, 0.3) is 0 Å². The van der Waals surface area contributed by atoms with Crippen molar-refractivity contribution in [1.82, 2.24) is 0 Å². The first kappa shape index (κ1) is 16.7. The molecule has 27 heavy (non-hydrogen) atoms. The summed E-state index contributed by atoms with van der Waals surface area (Å²) in [6.45, 7) is 0. The van der Waals surface area contributed by atoms with Gasteiger partial charge in [0.15, 0.2) is 0 Å². The second-order valence-corrected chi connectivity index (χ2v) is 6.19. The van der Waals surface area contributed by atoms with Crippen molar-refractivity contribution in [2.24, 2.45) is 5.73 Å². The summed E-state index contributed by atoms with van der Waals surface area (Å²) >= 11 is 0. The summed E-state index contributed by atoms with van der Waals surface area (Å²) in [5.74, 6) is -0.496. The molecule has 4 nitrogen and oxygen atoms in total. The molecule has 0 saturated carbocycles. The molecule has 1 atom stereocenters. The van der Waals surface area contributed by atoms with Crippen LogP contribution in [0.1, 0.15) is 17.0 Å². The van der Waals surface area contributed by atoms with Gasteiger partial charge in [0.05, 0.1) is 5.92 Å². The Bertz CT molecular complexity index is 1070. The van der Waals surface area contributed by atoms with E-state index in [0.717, 1.165) is 11.4 Å². The summed E-state index contributed by atoms with van der Waals surface area (Å²) < 4.78 is 20.1. The Morgan fingerprint density at radius 3 is 2.41 bits per heavy atom. The summed E-state index contributed by atoms with van der Waals surface area (Å²) in [6.07, 6.45) is 0. The molecule has 132 valence electrons. The number of benzene rings is 3. The summed E-state index contributed by atoms with van der Waals surface area (Å²) in [4.78, 5) is 0. The van der Waals surface area contributed by atoms with E-state index in [2.05, 4.69) is 11.4 Å². The van der Waals surface area contributed by atoms with Crippen LogP contribution < -0.4 is 15.8 Å². The molecule has 0 saturated heterocycles. The predicted octanol–water partition coefficient (Wildman–Crippen LogP) is 4.79. The Morgan fingerprint density at radius 2 is 1.67 bits per heavy atom. The van der Waals surface area contributed by atoms with Gasteiger partial charge in [0.1, 0.15) is 23.2 Å². The van der Waals surface area contributed by atoms with E-state index in [4.69, 9.17) is 10.5 Å². The van der Waals surface area contributed by atoms with E-state index in [9.17, 15) is 9.65 Å². The fourth-order valence-electron chi connectivity index (χ4n) is 3.25. The molecular weight excluding hydrogens is 341 g/mol. The molecule has 1 aliphatic heterocycles. The lowest BCUT2D eigenvalue weighted by Crippen LogP contribution is -2.21. The van der Waals surface area contributed by atoms with Gasteiger partial charge >= 0.3 is 0 Å². The number of rotatable bonds is 3. The van der Waals surface area contributed by atoms with Crippen LogP contribution in [0.15, 0.2) is 84.3 Å². The second-order valence-electron chi connectivity index (χ2n) is 6.19. The van der Waals surface area contributed by atoms with Crippen LogP contribution in [0.2, 0.25) is 0 Å². The lowest BCUT2D eigenvalue weighted by Gasteiger charge is -2.27. The highest BCUT2D eigenvalue weighted by Crippen LogP contribution is 2.43. The van der Waals surface area contributed by atoms with Gasteiger partial charge < -0.3 is 15.8 Å². The Morgan fingerprint density at radius 1 is 0.926 bits per heavy atom. The lowest BCUT2D eigenvalue weighted by molar-refractivity contribution is 0.392. The minimum atomic E-state index is -0.606. The Hall–Kier alpha value is -3.78. The number of nitriles is 1. The third-order valence-electron chi connectivity index (χ3n) is 4.50. The van der Waals surface area contributed by atoms with Crippen molar-refractivity contribution in [2.45, 2.75) is 5.92 Å². The number of ether oxygens (including phenoxy) is 1. The van der Waals surface area contributed by atoms with Crippen molar-refractivity contribution in [1.29, 1.82) is 5.26 Å². The summed E-state index contributed by atoms with van der Waals surface area (Å²) in [5.41, 5.74) is 9.01. The van der Waals surface area contributed by atoms with Gasteiger partial charge in [-0.3, -0.25) is 0 Å². The molecule has 0 aromatic heterocycles. The molecule has 5 heteroatoms. The van der Waals surface area contributed by atoms with Crippen LogP contribution in [-0.2, 0) is 0 Å². The Labute approximate surface area is 156 Å². The fourth-order valence-corrected chi connectivity index (χ4v) is 3.25. The smallest absolute Gasteiger partial charge is 0.205 e. The minimum absolute atomic E-state index is 0.00452. The van der Waals surface area contributed by atoms with E-state index in [0.29, 0.717) is 16.9 Å². The summed E-state index contributed by atoms with van der Waals surface area (Å²) in [7, 11) is 0. The van der Waals surface area contributed by atoms with Crippen molar-refractivity contribution in [3.8, 4) is 11.8 Å². The van der Waals surface area contributed by atoms with E-state index in [1.54, 1.807) is 24.3 Å². The SMILES string of the molecule is N#CC1=C(N)Oc2cc(Nc3ccccc3)ccc2[C@@H]1c1ccccc1F. The largest absolute Gasteiger partial charge is 0.440 e. The number of anilines is 2. The summed E-state index contributed by atoms with van der Waals surface area (Å²) in [6, 6.07) is 23.7. The number of para-hydroxylation sites is 1. The number of halogens is 1. The van der Waals surface area contributed by atoms with Crippen LogP contribution in [0.4, 0.5) is 15.8 Å². The molecule has 0 fully saturated rings.